The number of aromatic nitrogens is 2. The second kappa shape index (κ2) is 8.24. The van der Waals surface area contributed by atoms with Crippen LogP contribution in [0.3, 0.4) is 0 Å². The second-order valence-electron chi connectivity index (χ2n) is 11.9. The lowest BCUT2D eigenvalue weighted by Crippen LogP contribution is -2.16. The number of fused-ring (bicyclic) bond motifs is 8. The largest absolute Gasteiger partial charge is 0.309 e. The van der Waals surface area contributed by atoms with Gasteiger partial charge in [0.25, 0.3) is 0 Å². The Morgan fingerprint density at radius 2 is 0.786 bits per heavy atom. The van der Waals surface area contributed by atoms with E-state index in [9.17, 15) is 0 Å². The zero-order chi connectivity index (χ0) is 27.4. The summed E-state index contributed by atoms with van der Waals surface area (Å²) in [5.41, 5.74) is 17.0. The molecule has 2 aliphatic carbocycles. The highest BCUT2D eigenvalue weighted by molar-refractivity contribution is 6.16. The van der Waals surface area contributed by atoms with Crippen LogP contribution in [0.4, 0.5) is 0 Å². The van der Waals surface area contributed by atoms with Crippen LogP contribution < -0.4 is 0 Å². The lowest BCUT2D eigenvalue weighted by atomic mass is 9.74. The molecule has 2 nitrogen and oxygen atoms in total. The quantitative estimate of drug-likeness (QED) is 0.208. The third kappa shape index (κ3) is 2.84. The molecular weight excluding hydrogens is 508 g/mol. The van der Waals surface area contributed by atoms with Gasteiger partial charge >= 0.3 is 0 Å². The molecule has 0 N–H and O–H groups in total. The molecule has 198 valence electrons. The molecule has 0 saturated heterocycles. The first-order valence-electron chi connectivity index (χ1n) is 15.1. The van der Waals surface area contributed by atoms with Crippen LogP contribution in [0.15, 0.2) is 121 Å². The highest BCUT2D eigenvalue weighted by Crippen LogP contribution is 2.51. The van der Waals surface area contributed by atoms with Crippen LogP contribution in [0.25, 0.3) is 66.1 Å². The molecule has 10 rings (SSSR count). The molecule has 0 unspecified atom stereocenters. The van der Waals surface area contributed by atoms with Gasteiger partial charge in [0.1, 0.15) is 0 Å². The van der Waals surface area contributed by atoms with Gasteiger partial charge in [0, 0.05) is 32.9 Å². The van der Waals surface area contributed by atoms with Gasteiger partial charge in [0.15, 0.2) is 0 Å². The van der Waals surface area contributed by atoms with Crippen LogP contribution in [0.1, 0.15) is 22.3 Å². The van der Waals surface area contributed by atoms with Crippen molar-refractivity contribution in [2.45, 2.75) is 25.7 Å². The lowest BCUT2D eigenvalue weighted by molar-refractivity contribution is 0.883. The molecule has 2 aliphatic rings. The molecule has 0 spiro atoms. The molecular formula is C40H28N2. The molecule has 0 saturated carbocycles. The number of para-hydroxylation sites is 4. The number of benzene rings is 6. The Bertz CT molecular complexity index is 2220. The van der Waals surface area contributed by atoms with Gasteiger partial charge in [-0.15, -0.1) is 0 Å². The molecule has 0 fully saturated rings. The second-order valence-corrected chi connectivity index (χ2v) is 11.9. The van der Waals surface area contributed by atoms with Gasteiger partial charge < -0.3 is 9.13 Å². The Hall–Kier alpha value is -5.08. The summed E-state index contributed by atoms with van der Waals surface area (Å²) in [5, 5.41) is 5.50. The van der Waals surface area contributed by atoms with Gasteiger partial charge in [0.2, 0.25) is 0 Å². The summed E-state index contributed by atoms with van der Waals surface area (Å²) in [6, 6.07) is 44.9. The van der Waals surface area contributed by atoms with Crippen molar-refractivity contribution in [3.63, 3.8) is 0 Å². The Morgan fingerprint density at radius 1 is 0.381 bits per heavy atom. The Labute approximate surface area is 244 Å². The highest BCUT2D eigenvalue weighted by Gasteiger charge is 2.32. The number of hydrogen-bond acceptors (Lipinski definition) is 0. The van der Waals surface area contributed by atoms with Crippen molar-refractivity contribution in [3.05, 3.63) is 144 Å². The highest BCUT2D eigenvalue weighted by atomic mass is 15.0. The van der Waals surface area contributed by atoms with Gasteiger partial charge in [0.05, 0.1) is 22.1 Å². The topological polar surface area (TPSA) is 9.86 Å². The summed E-state index contributed by atoms with van der Waals surface area (Å²) >= 11 is 0. The van der Waals surface area contributed by atoms with Gasteiger partial charge in [-0.1, -0.05) is 72.8 Å². The number of hydrogen-bond donors (Lipinski definition) is 0. The van der Waals surface area contributed by atoms with Crippen LogP contribution in [0.5, 0.6) is 0 Å². The molecule has 0 bridgehead atoms. The predicted octanol–water partition coefficient (Wildman–Crippen LogP) is 9.74. The minimum atomic E-state index is 1.05. The van der Waals surface area contributed by atoms with Crippen molar-refractivity contribution >= 4 is 43.6 Å². The van der Waals surface area contributed by atoms with Gasteiger partial charge in [-0.2, -0.15) is 0 Å². The zero-order valence-electron chi connectivity index (χ0n) is 23.3. The van der Waals surface area contributed by atoms with E-state index in [1.165, 1.54) is 88.4 Å². The Morgan fingerprint density at radius 3 is 1.24 bits per heavy atom. The van der Waals surface area contributed by atoms with Gasteiger partial charge in [-0.05, 0) is 108 Å². The minimum absolute atomic E-state index is 1.05. The molecule has 0 aliphatic heterocycles. The fourth-order valence-corrected chi connectivity index (χ4v) is 8.25. The minimum Gasteiger partial charge on any atom is -0.309 e. The van der Waals surface area contributed by atoms with Crippen molar-refractivity contribution in [3.8, 4) is 22.5 Å². The number of aryl methyl sites for hydroxylation is 4. The van der Waals surface area contributed by atoms with Crippen molar-refractivity contribution in [1.29, 1.82) is 0 Å². The van der Waals surface area contributed by atoms with Crippen LogP contribution in [0.2, 0.25) is 0 Å². The maximum atomic E-state index is 2.53. The fourth-order valence-electron chi connectivity index (χ4n) is 8.25. The lowest BCUT2D eigenvalue weighted by Gasteiger charge is -2.31. The van der Waals surface area contributed by atoms with E-state index >= 15 is 0 Å². The maximum absolute atomic E-state index is 2.53. The van der Waals surface area contributed by atoms with Crippen molar-refractivity contribution in [2.75, 3.05) is 0 Å². The molecule has 0 amide bonds. The first-order valence-corrected chi connectivity index (χ1v) is 15.1. The van der Waals surface area contributed by atoms with Crippen molar-refractivity contribution < 1.29 is 0 Å². The third-order valence-corrected chi connectivity index (χ3v) is 9.85. The summed E-state index contributed by atoms with van der Waals surface area (Å²) in [5.74, 6) is 0. The van der Waals surface area contributed by atoms with Crippen LogP contribution in [0, 0.1) is 0 Å². The normalized spacial score (nSPS) is 13.8. The van der Waals surface area contributed by atoms with E-state index in [0.717, 1.165) is 25.7 Å². The van der Waals surface area contributed by atoms with Gasteiger partial charge in [-0.3, -0.25) is 0 Å². The van der Waals surface area contributed by atoms with E-state index in [1.54, 1.807) is 0 Å². The van der Waals surface area contributed by atoms with Crippen molar-refractivity contribution in [1.82, 2.24) is 9.13 Å². The summed E-state index contributed by atoms with van der Waals surface area (Å²) in [6.45, 7) is 0. The molecule has 0 atom stereocenters. The molecule has 42 heavy (non-hydrogen) atoms. The monoisotopic (exact) mass is 536 g/mol. The smallest absolute Gasteiger partial charge is 0.0579 e. The Kier molecular flexibility index (Phi) is 4.43. The average molecular weight is 537 g/mol. The van der Waals surface area contributed by atoms with Crippen molar-refractivity contribution in [2.24, 2.45) is 0 Å². The summed E-state index contributed by atoms with van der Waals surface area (Å²) in [7, 11) is 0. The zero-order valence-corrected chi connectivity index (χ0v) is 23.3. The molecule has 8 aromatic rings. The van der Waals surface area contributed by atoms with E-state index in [2.05, 4.69) is 130 Å². The summed E-state index contributed by atoms with van der Waals surface area (Å²) < 4.78 is 5.05. The van der Waals surface area contributed by atoms with Crippen LogP contribution >= 0.6 is 0 Å². The first kappa shape index (κ1) is 22.6. The van der Waals surface area contributed by atoms with E-state index < -0.39 is 0 Å². The molecule has 2 heterocycles. The third-order valence-electron chi connectivity index (χ3n) is 9.85. The van der Waals surface area contributed by atoms with E-state index in [-0.39, 0.29) is 0 Å². The standard InChI is InChI=1S/C40H28N2/c1-3-11-27(12-4-1)41-35-17-9-7-15-29(35)33-23-25-19-20-26-24-34-30-16-8-10-18-36(30)42(28-13-5-2-6-14-28)40(34)32-22-21-31(39(33)41)37(25)38(26)32/h1-18,23-24H,19-22H2. The van der Waals surface area contributed by atoms with E-state index in [1.807, 2.05) is 0 Å². The summed E-state index contributed by atoms with van der Waals surface area (Å²) in [6.07, 6.45) is 4.28. The molecule has 2 heteroatoms. The molecule has 6 aromatic carbocycles. The van der Waals surface area contributed by atoms with Crippen LogP contribution in [-0.4, -0.2) is 9.13 Å². The SMILES string of the molecule is c1ccc(-n2c3ccccc3c3cc4c5c(c32)CCc2c-5c(cc3c5ccccc5n(-c5ccccc5)c23)CC4)cc1. The average Bonchev–Trinajstić information content (AvgIpc) is 3.57. The number of nitrogens with zero attached hydrogens (tertiary/aromatic N) is 2. The number of rotatable bonds is 2. The van der Waals surface area contributed by atoms with E-state index in [4.69, 9.17) is 0 Å². The van der Waals surface area contributed by atoms with E-state index in [0.29, 0.717) is 0 Å². The fraction of sp³-hybridized carbons (Fsp3) is 0.100. The first-order chi connectivity index (χ1) is 20.9. The molecule has 2 aromatic heterocycles. The summed E-state index contributed by atoms with van der Waals surface area (Å²) in [4.78, 5) is 0. The van der Waals surface area contributed by atoms with Crippen LogP contribution in [-0.2, 0) is 25.7 Å². The molecule has 0 radical (unpaired) electrons. The predicted molar refractivity (Wildman–Crippen MR) is 175 cm³/mol. The maximum Gasteiger partial charge on any atom is 0.0579 e. The Balaban J connectivity index is 1.37. The van der Waals surface area contributed by atoms with Gasteiger partial charge in [-0.25, -0.2) is 0 Å².